The summed E-state index contributed by atoms with van der Waals surface area (Å²) in [4.78, 5) is 23.4. The molecule has 1 atom stereocenters. The Morgan fingerprint density at radius 1 is 1.10 bits per heavy atom. The molecule has 1 saturated heterocycles. The number of aromatic nitrogens is 2. The van der Waals surface area contributed by atoms with Crippen molar-refractivity contribution >= 4 is 17.5 Å². The molecule has 1 amide bonds. The summed E-state index contributed by atoms with van der Waals surface area (Å²) in [5.74, 6) is 2.45. The molecule has 2 heterocycles. The minimum absolute atomic E-state index is 0.0136. The Bertz CT molecular complexity index is 1010. The largest absolute Gasteiger partial charge is 0.490 e. The van der Waals surface area contributed by atoms with E-state index >= 15 is 0 Å². The summed E-state index contributed by atoms with van der Waals surface area (Å²) < 4.78 is 11.9. The number of carbonyl (C=O) groups excluding carboxylic acids is 1. The zero-order chi connectivity index (χ0) is 21.5. The lowest BCUT2D eigenvalue weighted by Gasteiger charge is -2.33. The van der Waals surface area contributed by atoms with Crippen molar-refractivity contribution in [2.45, 2.75) is 25.9 Å². The van der Waals surface area contributed by atoms with Crippen molar-refractivity contribution in [3.05, 3.63) is 72.6 Å². The van der Waals surface area contributed by atoms with Crippen LogP contribution in [0.5, 0.6) is 11.5 Å². The summed E-state index contributed by atoms with van der Waals surface area (Å²) in [6.07, 6.45) is 5.22. The minimum Gasteiger partial charge on any atom is -0.490 e. The molecule has 1 aliphatic heterocycles. The molecule has 1 N–H and O–H groups in total. The molecule has 2 aromatic carbocycles. The number of benzene rings is 2. The smallest absolute Gasteiger partial charge is 0.256 e. The van der Waals surface area contributed by atoms with Crippen LogP contribution in [0.25, 0.3) is 0 Å². The topological polar surface area (TPSA) is 76.6 Å². The molecule has 160 valence electrons. The van der Waals surface area contributed by atoms with Crippen LogP contribution >= 0.6 is 0 Å². The second-order valence-corrected chi connectivity index (χ2v) is 7.29. The molecular weight excluding hydrogens is 392 g/mol. The van der Waals surface area contributed by atoms with E-state index in [1.54, 1.807) is 24.5 Å². The number of anilines is 2. The van der Waals surface area contributed by atoms with E-state index in [0.717, 1.165) is 36.7 Å². The van der Waals surface area contributed by atoms with Gasteiger partial charge in [-0.1, -0.05) is 30.3 Å². The predicted molar refractivity (Wildman–Crippen MR) is 120 cm³/mol. The van der Waals surface area contributed by atoms with Crippen LogP contribution in [0.15, 0.2) is 67.0 Å². The Morgan fingerprint density at radius 2 is 1.87 bits per heavy atom. The maximum absolute atomic E-state index is 12.4. The number of rotatable bonds is 7. The average molecular weight is 418 g/mol. The molecule has 31 heavy (non-hydrogen) atoms. The molecule has 4 rings (SSSR count). The molecule has 0 aliphatic carbocycles. The lowest BCUT2D eigenvalue weighted by molar-refractivity contribution is 0.102. The van der Waals surface area contributed by atoms with E-state index in [0.29, 0.717) is 24.5 Å². The van der Waals surface area contributed by atoms with Gasteiger partial charge in [-0.3, -0.25) is 9.78 Å². The number of nitrogens with one attached hydrogen (secondary N) is 1. The quantitative estimate of drug-likeness (QED) is 0.620. The van der Waals surface area contributed by atoms with Crippen molar-refractivity contribution < 1.29 is 14.3 Å². The van der Waals surface area contributed by atoms with Gasteiger partial charge in [0.25, 0.3) is 5.91 Å². The molecule has 0 bridgehead atoms. The third kappa shape index (κ3) is 5.31. The van der Waals surface area contributed by atoms with Crippen molar-refractivity contribution in [3.8, 4) is 11.5 Å². The SMILES string of the molecule is CCOc1ccccc1OC1CCCN(c2cncc(NC(=O)c3ccccc3)n2)C1. The van der Waals surface area contributed by atoms with Crippen LogP contribution in [0.3, 0.4) is 0 Å². The second-order valence-electron chi connectivity index (χ2n) is 7.29. The highest BCUT2D eigenvalue weighted by atomic mass is 16.5. The monoisotopic (exact) mass is 418 g/mol. The van der Waals surface area contributed by atoms with Gasteiger partial charge in [-0.2, -0.15) is 0 Å². The van der Waals surface area contributed by atoms with E-state index in [1.165, 1.54) is 0 Å². The number of ether oxygens (including phenoxy) is 2. The van der Waals surface area contributed by atoms with Crippen molar-refractivity contribution in [1.29, 1.82) is 0 Å². The number of hydrogen-bond acceptors (Lipinski definition) is 6. The first-order chi connectivity index (χ1) is 15.2. The van der Waals surface area contributed by atoms with Crippen LogP contribution in [0, 0.1) is 0 Å². The van der Waals surface area contributed by atoms with Crippen LogP contribution in [0.2, 0.25) is 0 Å². The van der Waals surface area contributed by atoms with Gasteiger partial charge in [-0.05, 0) is 44.0 Å². The van der Waals surface area contributed by atoms with Gasteiger partial charge in [0.05, 0.1) is 25.5 Å². The van der Waals surface area contributed by atoms with Crippen molar-refractivity contribution in [3.63, 3.8) is 0 Å². The highest BCUT2D eigenvalue weighted by Gasteiger charge is 2.24. The van der Waals surface area contributed by atoms with Crippen LogP contribution in [0.4, 0.5) is 11.6 Å². The Labute approximate surface area is 182 Å². The summed E-state index contributed by atoms with van der Waals surface area (Å²) in [5.41, 5.74) is 0.578. The Hall–Kier alpha value is -3.61. The maximum atomic E-state index is 12.4. The summed E-state index contributed by atoms with van der Waals surface area (Å²) in [5, 5.41) is 2.82. The summed E-state index contributed by atoms with van der Waals surface area (Å²) >= 11 is 0. The number of amides is 1. The first-order valence-corrected chi connectivity index (χ1v) is 10.5. The summed E-state index contributed by atoms with van der Waals surface area (Å²) in [6.45, 7) is 4.10. The lowest BCUT2D eigenvalue weighted by Crippen LogP contribution is -2.41. The van der Waals surface area contributed by atoms with Gasteiger partial charge in [0, 0.05) is 12.1 Å². The maximum Gasteiger partial charge on any atom is 0.256 e. The van der Waals surface area contributed by atoms with E-state index in [-0.39, 0.29) is 12.0 Å². The van der Waals surface area contributed by atoms with Gasteiger partial charge in [-0.25, -0.2) is 4.98 Å². The number of piperidine rings is 1. The molecular formula is C24H26N4O3. The number of carbonyl (C=O) groups is 1. The number of nitrogens with zero attached hydrogens (tertiary/aromatic N) is 3. The van der Waals surface area contributed by atoms with Gasteiger partial charge < -0.3 is 19.7 Å². The highest BCUT2D eigenvalue weighted by Crippen LogP contribution is 2.30. The fourth-order valence-corrected chi connectivity index (χ4v) is 3.59. The van der Waals surface area contributed by atoms with Crippen molar-refractivity contribution in [2.24, 2.45) is 0 Å². The van der Waals surface area contributed by atoms with Gasteiger partial charge >= 0.3 is 0 Å². The molecule has 1 aliphatic rings. The van der Waals surface area contributed by atoms with E-state index in [1.807, 2.05) is 49.4 Å². The normalized spacial score (nSPS) is 15.9. The third-order valence-electron chi connectivity index (χ3n) is 5.04. The van der Waals surface area contributed by atoms with E-state index in [2.05, 4.69) is 20.2 Å². The van der Waals surface area contributed by atoms with E-state index in [4.69, 9.17) is 9.47 Å². The first-order valence-electron chi connectivity index (χ1n) is 10.5. The van der Waals surface area contributed by atoms with E-state index < -0.39 is 0 Å². The number of hydrogen-bond donors (Lipinski definition) is 1. The highest BCUT2D eigenvalue weighted by molar-refractivity contribution is 6.03. The van der Waals surface area contributed by atoms with Gasteiger partial charge in [0.1, 0.15) is 11.9 Å². The Balaban J connectivity index is 1.43. The van der Waals surface area contributed by atoms with E-state index in [9.17, 15) is 4.79 Å². The Morgan fingerprint density at radius 3 is 2.68 bits per heavy atom. The zero-order valence-electron chi connectivity index (χ0n) is 17.5. The molecule has 3 aromatic rings. The minimum atomic E-state index is -0.209. The van der Waals surface area contributed by atoms with Crippen LogP contribution in [-0.4, -0.2) is 41.7 Å². The number of para-hydroxylation sites is 2. The molecule has 1 fully saturated rings. The lowest BCUT2D eigenvalue weighted by atomic mass is 10.1. The third-order valence-corrected chi connectivity index (χ3v) is 5.04. The van der Waals surface area contributed by atoms with Gasteiger partial charge in [0.2, 0.25) is 0 Å². The van der Waals surface area contributed by atoms with Crippen molar-refractivity contribution in [1.82, 2.24) is 9.97 Å². The fourth-order valence-electron chi connectivity index (χ4n) is 3.59. The zero-order valence-corrected chi connectivity index (χ0v) is 17.5. The van der Waals surface area contributed by atoms with Crippen LogP contribution < -0.4 is 19.7 Å². The summed E-state index contributed by atoms with van der Waals surface area (Å²) in [7, 11) is 0. The fraction of sp³-hybridized carbons (Fsp3) is 0.292. The van der Waals surface area contributed by atoms with Crippen molar-refractivity contribution in [2.75, 3.05) is 29.9 Å². The van der Waals surface area contributed by atoms with Gasteiger partial charge in [-0.15, -0.1) is 0 Å². The summed E-state index contributed by atoms with van der Waals surface area (Å²) in [6, 6.07) is 16.8. The molecule has 1 aromatic heterocycles. The van der Waals surface area contributed by atoms with Gasteiger partial charge in [0.15, 0.2) is 17.3 Å². The predicted octanol–water partition coefficient (Wildman–Crippen LogP) is 4.18. The molecule has 1 unspecified atom stereocenters. The first kappa shape index (κ1) is 20.7. The standard InChI is InChI=1S/C24H26N4O3/c1-2-30-20-12-6-7-13-21(20)31-19-11-8-14-28(17-19)23-16-25-15-22(26-23)27-24(29)18-9-4-3-5-10-18/h3-7,9-10,12-13,15-16,19H,2,8,11,14,17H2,1H3,(H,26,27,29). The second kappa shape index (κ2) is 9.93. The average Bonchev–Trinajstić information content (AvgIpc) is 2.81. The molecule has 0 radical (unpaired) electrons. The van der Waals surface area contributed by atoms with Crippen LogP contribution in [-0.2, 0) is 0 Å². The molecule has 0 spiro atoms. The molecule has 7 heteroatoms. The Kier molecular flexibility index (Phi) is 6.62. The molecule has 0 saturated carbocycles. The molecule has 7 nitrogen and oxygen atoms in total. The van der Waals surface area contributed by atoms with Crippen LogP contribution in [0.1, 0.15) is 30.1 Å².